The zero-order chi connectivity index (χ0) is 44.1. The van der Waals surface area contributed by atoms with Crippen LogP contribution >= 0.6 is 0 Å². The van der Waals surface area contributed by atoms with Crippen molar-refractivity contribution in [2.24, 2.45) is 0 Å². The lowest BCUT2D eigenvalue weighted by Crippen LogP contribution is -2.45. The summed E-state index contributed by atoms with van der Waals surface area (Å²) in [5.41, 5.74) is -9.73. The number of anilines is 2. The third-order valence-corrected chi connectivity index (χ3v) is 11.5. The van der Waals surface area contributed by atoms with Crippen molar-refractivity contribution >= 4 is 42.9 Å². The molecule has 0 heterocycles. The minimum absolute atomic E-state index is 0.343. The number of aliphatic hydroxyl groups is 2. The Labute approximate surface area is 324 Å². The first kappa shape index (κ1) is 46.4. The van der Waals surface area contributed by atoms with E-state index in [9.17, 15) is 71.8 Å². The van der Waals surface area contributed by atoms with Gasteiger partial charge in [-0.1, -0.05) is 0 Å². The Morgan fingerprint density at radius 3 is 1.14 bits per heavy atom. The normalized spacial score (nSPS) is 14.0. The molecule has 58 heavy (non-hydrogen) atoms. The van der Waals surface area contributed by atoms with Gasteiger partial charge in [-0.3, -0.25) is 9.59 Å². The highest BCUT2D eigenvalue weighted by molar-refractivity contribution is 7.91. The summed E-state index contributed by atoms with van der Waals surface area (Å²) in [5.74, 6) is -6.12. The van der Waals surface area contributed by atoms with Crippen LogP contribution in [0.3, 0.4) is 0 Å². The summed E-state index contributed by atoms with van der Waals surface area (Å²) in [5, 5.41) is 42.1. The zero-order valence-corrected chi connectivity index (χ0v) is 31.2. The number of carbonyl (C=O) groups excluding carboxylic acids is 2. The highest BCUT2D eigenvalue weighted by Crippen LogP contribution is 2.35. The summed E-state index contributed by atoms with van der Waals surface area (Å²) in [6.07, 6.45) is -9.72. The Kier molecular flexibility index (Phi) is 13.8. The summed E-state index contributed by atoms with van der Waals surface area (Å²) < 4.78 is 153. The lowest BCUT2D eigenvalue weighted by molar-refractivity contribution is -0.138. The highest BCUT2D eigenvalue weighted by Gasteiger charge is 2.40. The molecule has 0 aromatic heterocycles. The van der Waals surface area contributed by atoms with Gasteiger partial charge in [0.05, 0.1) is 55.7 Å². The molecule has 308 valence electrons. The predicted octanol–water partition coefficient (Wildman–Crippen LogP) is 5.76. The number of sulfone groups is 2. The van der Waals surface area contributed by atoms with Crippen LogP contribution in [-0.4, -0.2) is 61.6 Å². The van der Waals surface area contributed by atoms with Crippen molar-refractivity contribution in [2.45, 2.75) is 47.2 Å². The van der Waals surface area contributed by atoms with E-state index in [-0.39, 0.29) is 21.2 Å². The molecule has 2 unspecified atom stereocenters. The van der Waals surface area contributed by atoms with Crippen LogP contribution in [0.25, 0.3) is 0 Å². The van der Waals surface area contributed by atoms with Crippen LogP contribution in [0.15, 0.2) is 94.7 Å². The zero-order valence-electron chi connectivity index (χ0n) is 29.6. The Balaban J connectivity index is 0.000000310. The first-order valence-corrected chi connectivity index (χ1v) is 19.1. The van der Waals surface area contributed by atoms with Gasteiger partial charge in [0, 0.05) is 11.4 Å². The van der Waals surface area contributed by atoms with Crippen LogP contribution in [0.4, 0.5) is 46.5 Å². The number of amides is 2. The molecule has 4 aromatic rings. The monoisotopic (exact) mass is 860 g/mol. The highest BCUT2D eigenvalue weighted by atomic mass is 32.2. The molecule has 0 saturated carbocycles. The molecular formula is C36H28F8N4O8S2. The molecule has 4 rings (SSSR count). The van der Waals surface area contributed by atoms with Crippen molar-refractivity contribution in [3.63, 3.8) is 0 Å². The van der Waals surface area contributed by atoms with Gasteiger partial charge in [-0.25, -0.2) is 25.6 Å². The molecule has 2 atom stereocenters. The molecule has 0 saturated heterocycles. The van der Waals surface area contributed by atoms with Gasteiger partial charge in [-0.05, 0) is 98.8 Å². The first-order valence-electron chi connectivity index (χ1n) is 15.8. The molecule has 0 aliphatic carbocycles. The molecule has 12 nitrogen and oxygen atoms in total. The van der Waals surface area contributed by atoms with Crippen molar-refractivity contribution in [1.29, 1.82) is 10.5 Å². The van der Waals surface area contributed by atoms with Crippen LogP contribution in [-0.2, 0) is 41.6 Å². The van der Waals surface area contributed by atoms with Gasteiger partial charge < -0.3 is 20.8 Å². The molecule has 4 aromatic carbocycles. The third-order valence-electron chi connectivity index (χ3n) is 7.67. The lowest BCUT2D eigenvalue weighted by atomic mass is 10.1. The fraction of sp³-hybridized carbons (Fsp3) is 0.222. The second-order valence-electron chi connectivity index (χ2n) is 12.6. The SMILES string of the molecule is CC(O)(CS(=O)(=O)c1ccc(F)cc1)C(=O)Nc1ccc(C#N)c(C(F)(F)F)c1.CC(O)(CS(=O)(=O)c1ccc(F)cc1)C(=O)Nc1ccc(C#N)c(C(F)(F)F)c1. The van der Waals surface area contributed by atoms with E-state index >= 15 is 0 Å². The molecule has 4 N–H and O–H groups in total. The smallest absolute Gasteiger partial charge is 0.379 e. The number of nitrogens with one attached hydrogen (secondary N) is 2. The average Bonchev–Trinajstić information content (AvgIpc) is 3.10. The molecule has 0 radical (unpaired) electrons. The third kappa shape index (κ3) is 12.0. The number of rotatable bonds is 10. The fourth-order valence-electron chi connectivity index (χ4n) is 4.76. The predicted molar refractivity (Wildman–Crippen MR) is 188 cm³/mol. The maximum absolute atomic E-state index is 13.0. The van der Waals surface area contributed by atoms with E-state index in [1.54, 1.807) is 0 Å². The molecule has 0 fully saturated rings. The summed E-state index contributed by atoms with van der Waals surface area (Å²) in [4.78, 5) is 23.9. The average molecular weight is 861 g/mol. The van der Waals surface area contributed by atoms with Gasteiger partial charge in [-0.15, -0.1) is 0 Å². The number of alkyl halides is 6. The van der Waals surface area contributed by atoms with E-state index in [4.69, 9.17) is 10.5 Å². The number of hydrogen-bond donors (Lipinski definition) is 4. The Hall–Kier alpha value is -5.94. The second kappa shape index (κ2) is 17.3. The van der Waals surface area contributed by atoms with E-state index in [0.717, 1.165) is 86.6 Å². The van der Waals surface area contributed by atoms with Gasteiger partial charge >= 0.3 is 12.4 Å². The fourth-order valence-corrected chi connectivity index (χ4v) is 7.94. The van der Waals surface area contributed by atoms with Gasteiger partial charge in [-0.2, -0.15) is 36.9 Å². The molecule has 0 aliphatic rings. The molecular weight excluding hydrogens is 833 g/mol. The molecule has 22 heteroatoms. The summed E-state index contributed by atoms with van der Waals surface area (Å²) >= 11 is 0. The maximum Gasteiger partial charge on any atom is 0.417 e. The number of benzene rings is 4. The number of halogens is 8. The van der Waals surface area contributed by atoms with E-state index in [1.807, 2.05) is 10.6 Å². The largest absolute Gasteiger partial charge is 0.417 e. The summed E-state index contributed by atoms with van der Waals surface area (Å²) in [6.45, 7) is 1.75. The Bertz CT molecular complexity index is 2320. The molecule has 0 spiro atoms. The number of nitriles is 2. The minimum Gasteiger partial charge on any atom is -0.379 e. The molecule has 2 amide bonds. The summed E-state index contributed by atoms with van der Waals surface area (Å²) in [6, 6.07) is 14.8. The maximum atomic E-state index is 13.0. The second-order valence-corrected chi connectivity index (χ2v) is 16.6. The topological polar surface area (TPSA) is 215 Å². The van der Waals surface area contributed by atoms with Crippen molar-refractivity contribution < 1.29 is 71.8 Å². The Morgan fingerprint density at radius 2 is 0.879 bits per heavy atom. The number of carbonyl (C=O) groups is 2. The quantitative estimate of drug-likeness (QED) is 0.112. The first-order chi connectivity index (χ1) is 26.5. The van der Waals surface area contributed by atoms with Gasteiger partial charge in [0.2, 0.25) is 0 Å². The number of nitrogens with zero attached hydrogens (tertiary/aromatic N) is 2. The van der Waals surface area contributed by atoms with Crippen LogP contribution < -0.4 is 10.6 Å². The summed E-state index contributed by atoms with van der Waals surface area (Å²) in [7, 11) is -8.43. The van der Waals surface area contributed by atoms with Gasteiger partial charge in [0.15, 0.2) is 30.9 Å². The van der Waals surface area contributed by atoms with E-state index in [1.165, 1.54) is 12.1 Å². The van der Waals surface area contributed by atoms with Crippen LogP contribution in [0, 0.1) is 34.3 Å². The lowest BCUT2D eigenvalue weighted by Gasteiger charge is -2.22. The molecule has 0 bridgehead atoms. The van der Waals surface area contributed by atoms with Crippen molar-refractivity contribution in [2.75, 3.05) is 22.1 Å². The van der Waals surface area contributed by atoms with Crippen molar-refractivity contribution in [1.82, 2.24) is 0 Å². The van der Waals surface area contributed by atoms with Crippen molar-refractivity contribution in [3.8, 4) is 12.1 Å². The van der Waals surface area contributed by atoms with Crippen molar-refractivity contribution in [3.05, 3.63) is 119 Å². The molecule has 0 aliphatic heterocycles. The number of hydrogen-bond acceptors (Lipinski definition) is 10. The van der Waals surface area contributed by atoms with Crippen LogP contribution in [0.1, 0.15) is 36.1 Å². The Morgan fingerprint density at radius 1 is 0.586 bits per heavy atom. The van der Waals surface area contributed by atoms with E-state index in [0.29, 0.717) is 12.1 Å². The van der Waals surface area contributed by atoms with Crippen LogP contribution in [0.5, 0.6) is 0 Å². The van der Waals surface area contributed by atoms with Crippen LogP contribution in [0.2, 0.25) is 0 Å². The van der Waals surface area contributed by atoms with Gasteiger partial charge in [0.25, 0.3) is 11.8 Å². The minimum atomic E-state index is -4.86. The van der Waals surface area contributed by atoms with Gasteiger partial charge in [0.1, 0.15) is 11.6 Å². The standard InChI is InChI=1S/2C18H14F4N2O4S/c2*1-17(26,10-29(27,28)14-6-3-12(19)4-7-14)16(25)24-13-5-2-11(9-23)15(8-13)18(20,21)22/h2*2-8,26H,10H2,1H3,(H,24,25). The van der Waals surface area contributed by atoms with E-state index < -0.39 is 100 Å². The van der Waals surface area contributed by atoms with E-state index in [2.05, 4.69) is 0 Å².